The fourth-order valence-corrected chi connectivity index (χ4v) is 4.99. The van der Waals surface area contributed by atoms with Gasteiger partial charge in [-0.1, -0.05) is 61.0 Å². The maximum Gasteiger partial charge on any atom is 0.287 e. The van der Waals surface area contributed by atoms with Crippen molar-refractivity contribution in [1.29, 1.82) is 0 Å². The normalized spacial score (nSPS) is 24.3. The first-order valence-corrected chi connectivity index (χ1v) is 12.1. The molecular formula is C25H40N4O5. The van der Waals surface area contributed by atoms with E-state index in [1.807, 2.05) is 41.5 Å². The van der Waals surface area contributed by atoms with Crippen LogP contribution in [0, 0.1) is 29.1 Å². The van der Waals surface area contributed by atoms with E-state index in [0.717, 1.165) is 18.9 Å². The van der Waals surface area contributed by atoms with Crippen molar-refractivity contribution in [3.05, 3.63) is 12.7 Å². The molecule has 1 aliphatic heterocycles. The molecule has 2 rings (SSSR count). The van der Waals surface area contributed by atoms with E-state index in [4.69, 9.17) is 5.73 Å². The van der Waals surface area contributed by atoms with Crippen molar-refractivity contribution < 1.29 is 24.0 Å². The van der Waals surface area contributed by atoms with Gasteiger partial charge in [0, 0.05) is 6.54 Å². The second-order valence-corrected chi connectivity index (χ2v) is 11.2. The Morgan fingerprint density at radius 2 is 1.71 bits per heavy atom. The number of nitrogens with one attached hydrogen (secondary N) is 2. The minimum Gasteiger partial charge on any atom is -0.363 e. The molecule has 0 spiro atoms. The summed E-state index contributed by atoms with van der Waals surface area (Å²) in [5, 5.41) is 5.46. The van der Waals surface area contributed by atoms with E-state index >= 15 is 0 Å². The lowest BCUT2D eigenvalue weighted by Crippen LogP contribution is -2.60. The number of hydrogen-bond donors (Lipinski definition) is 3. The first-order valence-electron chi connectivity index (χ1n) is 12.1. The predicted molar refractivity (Wildman–Crippen MR) is 128 cm³/mol. The van der Waals surface area contributed by atoms with Crippen molar-refractivity contribution in [2.24, 2.45) is 34.8 Å². The van der Waals surface area contributed by atoms with Crippen molar-refractivity contribution in [2.75, 3.05) is 6.54 Å². The van der Waals surface area contributed by atoms with E-state index in [9.17, 15) is 24.0 Å². The summed E-state index contributed by atoms with van der Waals surface area (Å²) >= 11 is 0. The van der Waals surface area contributed by atoms with Crippen LogP contribution >= 0.6 is 0 Å². The maximum atomic E-state index is 13.7. The molecule has 0 radical (unpaired) electrons. The Labute approximate surface area is 202 Å². The van der Waals surface area contributed by atoms with Gasteiger partial charge in [-0.25, -0.2) is 0 Å². The molecule has 1 saturated carbocycles. The van der Waals surface area contributed by atoms with Gasteiger partial charge in [0.1, 0.15) is 12.1 Å². The van der Waals surface area contributed by atoms with Gasteiger partial charge in [-0.2, -0.15) is 0 Å². The average Bonchev–Trinajstić information content (AvgIpc) is 3.48. The molecule has 0 bridgehead atoms. The third-order valence-electron chi connectivity index (χ3n) is 6.89. The number of Topliss-reactive ketones (excluding diaryl/α,β-unsaturated/α-hetero) is 1. The van der Waals surface area contributed by atoms with E-state index in [0.29, 0.717) is 13.0 Å². The SMILES string of the molecule is C=CC(=O)N[C@H](C(=O)N1C[C@H](C)[C@H](C(C)C)[C@H]1C(=O)NC(CC1CC1)C(=O)C(N)=O)C(C)(C)C. The van der Waals surface area contributed by atoms with Gasteiger partial charge in [0.2, 0.25) is 23.5 Å². The van der Waals surface area contributed by atoms with Gasteiger partial charge in [0.05, 0.1) is 6.04 Å². The molecule has 0 aromatic rings. The van der Waals surface area contributed by atoms with Crippen LogP contribution in [0.15, 0.2) is 12.7 Å². The van der Waals surface area contributed by atoms with Gasteiger partial charge in [0.15, 0.2) is 0 Å². The van der Waals surface area contributed by atoms with Gasteiger partial charge in [-0.05, 0) is 41.6 Å². The summed E-state index contributed by atoms with van der Waals surface area (Å²) in [5.41, 5.74) is 4.61. The van der Waals surface area contributed by atoms with E-state index in [-0.39, 0.29) is 29.6 Å². The summed E-state index contributed by atoms with van der Waals surface area (Å²) in [6, 6.07) is -2.71. The number of ketones is 1. The summed E-state index contributed by atoms with van der Waals surface area (Å²) in [6.07, 6.45) is 3.34. The van der Waals surface area contributed by atoms with Crippen molar-refractivity contribution in [2.45, 2.75) is 78.9 Å². The molecule has 0 aromatic heterocycles. The topological polar surface area (TPSA) is 139 Å². The molecular weight excluding hydrogens is 436 g/mol. The van der Waals surface area contributed by atoms with Crippen LogP contribution in [0.1, 0.15) is 60.8 Å². The van der Waals surface area contributed by atoms with Crippen LogP contribution in [-0.4, -0.2) is 59.0 Å². The molecule has 9 nitrogen and oxygen atoms in total. The quantitative estimate of drug-likeness (QED) is 0.321. The van der Waals surface area contributed by atoms with Crippen LogP contribution in [-0.2, 0) is 24.0 Å². The van der Waals surface area contributed by atoms with E-state index in [2.05, 4.69) is 17.2 Å². The number of rotatable bonds is 10. The smallest absolute Gasteiger partial charge is 0.287 e. The molecule has 190 valence electrons. The zero-order valence-corrected chi connectivity index (χ0v) is 21.2. The van der Waals surface area contributed by atoms with Gasteiger partial charge in [0.25, 0.3) is 5.91 Å². The molecule has 0 aromatic carbocycles. The summed E-state index contributed by atoms with van der Waals surface area (Å²) in [6.45, 7) is 15.3. The maximum absolute atomic E-state index is 13.7. The van der Waals surface area contributed by atoms with Crippen LogP contribution in [0.3, 0.4) is 0 Å². The second-order valence-electron chi connectivity index (χ2n) is 11.2. The number of likely N-dealkylation sites (tertiary alicyclic amines) is 1. The highest BCUT2D eigenvalue weighted by atomic mass is 16.2. The Bertz CT molecular complexity index is 843. The van der Waals surface area contributed by atoms with Crippen LogP contribution in [0.4, 0.5) is 0 Å². The van der Waals surface area contributed by atoms with Gasteiger partial charge >= 0.3 is 0 Å². The highest BCUT2D eigenvalue weighted by molar-refractivity contribution is 6.37. The summed E-state index contributed by atoms with van der Waals surface area (Å²) in [7, 11) is 0. The summed E-state index contributed by atoms with van der Waals surface area (Å²) < 4.78 is 0. The van der Waals surface area contributed by atoms with Gasteiger partial charge in [-0.15, -0.1) is 0 Å². The Morgan fingerprint density at radius 3 is 2.15 bits per heavy atom. The highest BCUT2D eigenvalue weighted by Gasteiger charge is 2.50. The molecule has 9 heteroatoms. The van der Waals surface area contributed by atoms with E-state index < -0.39 is 47.0 Å². The average molecular weight is 477 g/mol. The minimum absolute atomic E-state index is 0.0177. The number of amides is 4. The molecule has 1 heterocycles. The lowest BCUT2D eigenvalue weighted by atomic mass is 9.81. The Morgan fingerprint density at radius 1 is 1.12 bits per heavy atom. The lowest BCUT2D eigenvalue weighted by molar-refractivity contribution is -0.145. The standard InChI is InChI=1S/C25H40N4O5/c1-8-17(30)28-21(25(5,6)7)24(34)29-12-14(4)18(13(2)3)19(29)23(33)27-16(11-15-9-10-15)20(31)22(26)32/h8,13-16,18-19,21H,1,9-12H2,2-7H3,(H2,26,32)(H,27,33)(H,28,30)/t14-,16?,18-,19-,21+/m0/s1. The number of primary amides is 1. The monoisotopic (exact) mass is 476 g/mol. The van der Waals surface area contributed by atoms with Gasteiger partial charge < -0.3 is 21.3 Å². The Kier molecular flexibility index (Phi) is 8.66. The Balaban J connectivity index is 2.38. The van der Waals surface area contributed by atoms with E-state index in [1.54, 1.807) is 0 Å². The number of hydrogen-bond acceptors (Lipinski definition) is 5. The summed E-state index contributed by atoms with van der Waals surface area (Å²) in [5.74, 6) is -3.01. The van der Waals surface area contributed by atoms with E-state index in [1.165, 1.54) is 4.90 Å². The molecule has 1 aliphatic carbocycles. The van der Waals surface area contributed by atoms with Crippen LogP contribution in [0.25, 0.3) is 0 Å². The third-order valence-corrected chi connectivity index (χ3v) is 6.89. The second kappa shape index (κ2) is 10.7. The minimum atomic E-state index is -1.08. The van der Waals surface area contributed by atoms with Crippen LogP contribution in [0.5, 0.6) is 0 Å². The Hall–Kier alpha value is -2.71. The molecule has 1 saturated heterocycles. The molecule has 5 atom stereocenters. The third kappa shape index (κ3) is 6.45. The lowest BCUT2D eigenvalue weighted by Gasteiger charge is -2.37. The number of carbonyl (C=O) groups is 5. The van der Waals surface area contributed by atoms with Gasteiger partial charge in [-0.3, -0.25) is 24.0 Å². The number of nitrogens with zero attached hydrogens (tertiary/aromatic N) is 1. The molecule has 2 fully saturated rings. The largest absolute Gasteiger partial charge is 0.363 e. The number of nitrogens with two attached hydrogens (primary N) is 1. The fraction of sp³-hybridized carbons (Fsp3) is 0.720. The van der Waals surface area contributed by atoms with Crippen molar-refractivity contribution in [3.8, 4) is 0 Å². The van der Waals surface area contributed by atoms with Crippen molar-refractivity contribution >= 4 is 29.4 Å². The molecule has 2 aliphatic rings. The first kappa shape index (κ1) is 27.5. The summed E-state index contributed by atoms with van der Waals surface area (Å²) in [4.78, 5) is 64.9. The van der Waals surface area contributed by atoms with Crippen LogP contribution < -0.4 is 16.4 Å². The molecule has 34 heavy (non-hydrogen) atoms. The molecule has 4 N–H and O–H groups in total. The molecule has 4 amide bonds. The fourth-order valence-electron chi connectivity index (χ4n) is 4.99. The van der Waals surface area contributed by atoms with Crippen molar-refractivity contribution in [3.63, 3.8) is 0 Å². The highest BCUT2D eigenvalue weighted by Crippen LogP contribution is 2.38. The molecule has 1 unspecified atom stereocenters. The number of carbonyl (C=O) groups excluding carboxylic acids is 5. The van der Waals surface area contributed by atoms with Crippen molar-refractivity contribution in [1.82, 2.24) is 15.5 Å². The van der Waals surface area contributed by atoms with Crippen LogP contribution in [0.2, 0.25) is 0 Å². The zero-order valence-electron chi connectivity index (χ0n) is 21.2. The first-order chi connectivity index (χ1) is 15.7. The zero-order chi connectivity index (χ0) is 26.0. The predicted octanol–water partition coefficient (Wildman–Crippen LogP) is 1.16.